The summed E-state index contributed by atoms with van der Waals surface area (Å²) in [6.07, 6.45) is 0. The number of amides is 1. The van der Waals surface area contributed by atoms with Gasteiger partial charge in [-0.05, 0) is 18.5 Å². The van der Waals surface area contributed by atoms with Crippen LogP contribution in [0.5, 0.6) is 0 Å². The van der Waals surface area contributed by atoms with Crippen molar-refractivity contribution in [1.82, 2.24) is 9.27 Å². The van der Waals surface area contributed by atoms with Gasteiger partial charge in [-0.25, -0.2) is 0 Å². The van der Waals surface area contributed by atoms with Gasteiger partial charge in [0.2, 0.25) is 0 Å². The zero-order chi connectivity index (χ0) is 12.8. The fourth-order valence-corrected chi connectivity index (χ4v) is 1.97. The summed E-state index contributed by atoms with van der Waals surface area (Å²) in [4.78, 5) is 24.0. The predicted octanol–water partition coefficient (Wildman–Crippen LogP) is 0.625. The Morgan fingerprint density at radius 2 is 2.29 bits per heavy atom. The number of carboxylic acids is 1. The summed E-state index contributed by atoms with van der Waals surface area (Å²) < 4.78 is 8.85. The van der Waals surface area contributed by atoms with E-state index in [-0.39, 0.29) is 19.0 Å². The number of hydrogen-bond acceptors (Lipinski definition) is 5. The van der Waals surface area contributed by atoms with E-state index in [0.29, 0.717) is 17.9 Å². The van der Waals surface area contributed by atoms with Crippen LogP contribution >= 0.6 is 11.5 Å². The summed E-state index contributed by atoms with van der Waals surface area (Å²) in [5, 5.41) is 10.4. The van der Waals surface area contributed by atoms with Crippen LogP contribution in [0.2, 0.25) is 0 Å². The number of hydrogen-bond donors (Lipinski definition) is 1. The molecule has 17 heavy (non-hydrogen) atoms. The van der Waals surface area contributed by atoms with Gasteiger partial charge in [-0.15, -0.1) is 0 Å². The highest BCUT2D eigenvalue weighted by atomic mass is 32.1. The average molecular weight is 258 g/mol. The van der Waals surface area contributed by atoms with Gasteiger partial charge in [0.15, 0.2) is 0 Å². The minimum absolute atomic E-state index is 0.247. The van der Waals surface area contributed by atoms with Gasteiger partial charge < -0.3 is 14.7 Å². The highest BCUT2D eigenvalue weighted by Gasteiger charge is 2.20. The van der Waals surface area contributed by atoms with Crippen molar-refractivity contribution < 1.29 is 19.4 Å². The van der Waals surface area contributed by atoms with Gasteiger partial charge in [0.25, 0.3) is 5.91 Å². The minimum atomic E-state index is -1.05. The Bertz CT molecular complexity index is 405. The number of aliphatic carboxylic acids is 1. The molecular formula is C10H14N2O4S. The number of rotatable bonds is 6. The number of carbonyl (C=O) groups is 2. The van der Waals surface area contributed by atoms with E-state index in [1.165, 1.54) is 23.5 Å². The van der Waals surface area contributed by atoms with E-state index in [1.807, 2.05) is 0 Å². The number of ether oxygens (including phenoxy) is 1. The number of aromatic nitrogens is 1. The number of nitrogens with zero attached hydrogens (tertiary/aromatic N) is 2. The zero-order valence-electron chi connectivity index (χ0n) is 9.67. The van der Waals surface area contributed by atoms with Crippen LogP contribution in [0.25, 0.3) is 0 Å². The van der Waals surface area contributed by atoms with Crippen molar-refractivity contribution in [3.63, 3.8) is 0 Å². The summed E-state index contributed by atoms with van der Waals surface area (Å²) >= 11 is 1.18. The highest BCUT2D eigenvalue weighted by Crippen LogP contribution is 2.12. The van der Waals surface area contributed by atoms with Gasteiger partial charge in [0.1, 0.15) is 6.54 Å². The maximum atomic E-state index is 12.0. The lowest BCUT2D eigenvalue weighted by Gasteiger charge is -2.19. The largest absolute Gasteiger partial charge is 0.480 e. The van der Waals surface area contributed by atoms with Gasteiger partial charge in [-0.1, -0.05) is 0 Å². The van der Waals surface area contributed by atoms with Crippen molar-refractivity contribution in [3.05, 3.63) is 16.6 Å². The van der Waals surface area contributed by atoms with Crippen LogP contribution < -0.4 is 0 Å². The fourth-order valence-electron chi connectivity index (χ4n) is 1.29. The molecule has 0 bridgehead atoms. The van der Waals surface area contributed by atoms with Crippen LogP contribution in [-0.2, 0) is 9.53 Å². The van der Waals surface area contributed by atoms with Gasteiger partial charge in [0, 0.05) is 19.0 Å². The van der Waals surface area contributed by atoms with E-state index < -0.39 is 5.97 Å². The first-order valence-electron chi connectivity index (χ1n) is 4.97. The molecule has 0 saturated heterocycles. The third-order valence-corrected chi connectivity index (χ3v) is 2.88. The Hall–Kier alpha value is -1.47. The zero-order valence-corrected chi connectivity index (χ0v) is 10.5. The Kier molecular flexibility index (Phi) is 5.05. The van der Waals surface area contributed by atoms with E-state index in [4.69, 9.17) is 9.84 Å². The van der Waals surface area contributed by atoms with E-state index in [2.05, 4.69) is 4.37 Å². The molecule has 0 saturated carbocycles. The van der Waals surface area contributed by atoms with Crippen molar-refractivity contribution in [2.24, 2.45) is 0 Å². The maximum Gasteiger partial charge on any atom is 0.323 e. The molecule has 7 heteroatoms. The summed E-state index contributed by atoms with van der Waals surface area (Å²) in [7, 11) is 1.50. The molecule has 0 radical (unpaired) electrons. The summed E-state index contributed by atoms with van der Waals surface area (Å²) in [5.74, 6) is -1.37. The molecule has 1 amide bonds. The molecule has 1 aromatic heterocycles. The highest BCUT2D eigenvalue weighted by molar-refractivity contribution is 7.03. The minimum Gasteiger partial charge on any atom is -0.480 e. The molecule has 1 aromatic rings. The first kappa shape index (κ1) is 13.6. The Morgan fingerprint density at radius 3 is 2.76 bits per heavy atom. The average Bonchev–Trinajstić information content (AvgIpc) is 2.69. The van der Waals surface area contributed by atoms with Crippen LogP contribution in [0.1, 0.15) is 16.1 Å². The van der Waals surface area contributed by atoms with E-state index in [9.17, 15) is 9.59 Å². The SMILES string of the molecule is COCCN(CC(=O)O)C(=O)c1csnc1C. The van der Waals surface area contributed by atoms with Crippen LogP contribution in [0.3, 0.4) is 0 Å². The smallest absolute Gasteiger partial charge is 0.323 e. The summed E-state index contributed by atoms with van der Waals surface area (Å²) in [6.45, 7) is 1.93. The number of methoxy groups -OCH3 is 1. The standard InChI is InChI=1S/C10H14N2O4S/c1-7-8(6-17-11-7)10(15)12(3-4-16-2)5-9(13)14/h6H,3-5H2,1-2H3,(H,13,14). The number of aryl methyl sites for hydroxylation is 1. The van der Waals surface area contributed by atoms with Gasteiger partial charge in [-0.2, -0.15) is 4.37 Å². The Labute approximate surface area is 103 Å². The van der Waals surface area contributed by atoms with Crippen molar-refractivity contribution in [2.45, 2.75) is 6.92 Å². The second-order valence-electron chi connectivity index (χ2n) is 3.43. The second kappa shape index (κ2) is 6.31. The molecular weight excluding hydrogens is 244 g/mol. The van der Waals surface area contributed by atoms with E-state index >= 15 is 0 Å². The fraction of sp³-hybridized carbons (Fsp3) is 0.500. The lowest BCUT2D eigenvalue weighted by atomic mass is 10.2. The molecule has 0 aliphatic heterocycles. The Morgan fingerprint density at radius 1 is 1.59 bits per heavy atom. The molecule has 0 spiro atoms. The maximum absolute atomic E-state index is 12.0. The lowest BCUT2D eigenvalue weighted by Crippen LogP contribution is -2.38. The van der Waals surface area contributed by atoms with E-state index in [1.54, 1.807) is 12.3 Å². The monoisotopic (exact) mass is 258 g/mol. The molecule has 6 nitrogen and oxygen atoms in total. The molecule has 94 valence electrons. The summed E-state index contributed by atoms with van der Waals surface area (Å²) in [5.41, 5.74) is 1.07. The quantitative estimate of drug-likeness (QED) is 0.809. The topological polar surface area (TPSA) is 79.7 Å². The van der Waals surface area contributed by atoms with Crippen LogP contribution in [0, 0.1) is 6.92 Å². The first-order chi connectivity index (χ1) is 8.06. The first-order valence-corrected chi connectivity index (χ1v) is 5.81. The molecule has 1 heterocycles. The molecule has 0 aliphatic carbocycles. The number of carbonyl (C=O) groups excluding carboxylic acids is 1. The van der Waals surface area contributed by atoms with Crippen molar-refractivity contribution in [1.29, 1.82) is 0 Å². The van der Waals surface area contributed by atoms with Crippen molar-refractivity contribution >= 4 is 23.4 Å². The van der Waals surface area contributed by atoms with Crippen LogP contribution in [0.15, 0.2) is 5.38 Å². The second-order valence-corrected chi connectivity index (χ2v) is 4.06. The third kappa shape index (κ3) is 3.79. The molecule has 0 fully saturated rings. The van der Waals surface area contributed by atoms with Crippen LogP contribution in [0.4, 0.5) is 0 Å². The molecule has 0 aromatic carbocycles. The molecule has 1 rings (SSSR count). The molecule has 1 N–H and O–H groups in total. The normalized spacial score (nSPS) is 10.2. The van der Waals surface area contributed by atoms with Gasteiger partial charge >= 0.3 is 5.97 Å². The summed E-state index contributed by atoms with van der Waals surface area (Å²) in [6, 6.07) is 0. The van der Waals surface area contributed by atoms with Crippen LogP contribution in [-0.4, -0.2) is 53.1 Å². The van der Waals surface area contributed by atoms with Crippen molar-refractivity contribution in [3.8, 4) is 0 Å². The van der Waals surface area contributed by atoms with Gasteiger partial charge in [-0.3, -0.25) is 9.59 Å². The lowest BCUT2D eigenvalue weighted by molar-refractivity contribution is -0.137. The Balaban J connectivity index is 2.78. The van der Waals surface area contributed by atoms with Gasteiger partial charge in [0.05, 0.1) is 17.9 Å². The number of carboxylic acid groups (broad SMARTS) is 1. The van der Waals surface area contributed by atoms with Crippen molar-refractivity contribution in [2.75, 3.05) is 26.8 Å². The molecule has 0 aliphatic rings. The van der Waals surface area contributed by atoms with E-state index in [0.717, 1.165) is 0 Å². The third-order valence-electron chi connectivity index (χ3n) is 2.16. The molecule has 0 atom stereocenters. The predicted molar refractivity (Wildman–Crippen MR) is 62.3 cm³/mol. The molecule has 0 unspecified atom stereocenters.